The van der Waals surface area contributed by atoms with Crippen LogP contribution in [0.5, 0.6) is 5.75 Å². The lowest BCUT2D eigenvalue weighted by molar-refractivity contribution is 0.115. The lowest BCUT2D eigenvalue weighted by Gasteiger charge is -2.43. The summed E-state index contributed by atoms with van der Waals surface area (Å²) >= 11 is 0. The quantitative estimate of drug-likeness (QED) is 0.651. The van der Waals surface area contributed by atoms with E-state index in [1.165, 1.54) is 5.56 Å². The molecule has 5 nitrogen and oxygen atoms in total. The molecule has 3 aromatic rings. The van der Waals surface area contributed by atoms with E-state index in [9.17, 15) is 10.1 Å². The highest BCUT2D eigenvalue weighted by Crippen LogP contribution is 2.40. The molecule has 0 saturated carbocycles. The van der Waals surface area contributed by atoms with Crippen molar-refractivity contribution in [1.82, 2.24) is 9.47 Å². The van der Waals surface area contributed by atoms with Crippen LogP contribution in [0.15, 0.2) is 65.5 Å². The van der Waals surface area contributed by atoms with Gasteiger partial charge in [0.1, 0.15) is 5.75 Å². The van der Waals surface area contributed by atoms with Gasteiger partial charge in [0.15, 0.2) is 0 Å². The highest BCUT2D eigenvalue weighted by molar-refractivity contribution is 5.68. The van der Waals surface area contributed by atoms with Crippen molar-refractivity contribution in [2.24, 2.45) is 5.92 Å². The van der Waals surface area contributed by atoms with E-state index in [0.29, 0.717) is 17.4 Å². The van der Waals surface area contributed by atoms with Crippen LogP contribution in [0.2, 0.25) is 0 Å². The van der Waals surface area contributed by atoms with Gasteiger partial charge in [0, 0.05) is 49.4 Å². The van der Waals surface area contributed by atoms with Gasteiger partial charge in [-0.15, -0.1) is 0 Å². The second-order valence-corrected chi connectivity index (χ2v) is 8.61. The third kappa shape index (κ3) is 3.75. The first-order valence-corrected chi connectivity index (χ1v) is 10.7. The summed E-state index contributed by atoms with van der Waals surface area (Å²) in [6.45, 7) is 3.59. The predicted molar refractivity (Wildman–Crippen MR) is 120 cm³/mol. The minimum Gasteiger partial charge on any atom is -0.497 e. The number of hydrogen-bond donors (Lipinski definition) is 0. The maximum Gasteiger partial charge on any atom is 0.250 e. The SMILES string of the molecule is COc1ccc(CN2C[C@@H]3C[C@H](C2)c2c(-c4cccc(C#N)c4)ccc(=O)n2C3)cc1. The number of likely N-dealkylation sites (tertiary alicyclic amines) is 1. The molecule has 2 aliphatic rings. The molecule has 1 fully saturated rings. The Labute approximate surface area is 182 Å². The summed E-state index contributed by atoms with van der Waals surface area (Å²) in [4.78, 5) is 15.2. The number of piperidine rings is 1. The fraction of sp³-hybridized carbons (Fsp3) is 0.308. The van der Waals surface area contributed by atoms with Crippen molar-refractivity contribution in [1.29, 1.82) is 5.26 Å². The van der Waals surface area contributed by atoms with Crippen LogP contribution in [0.3, 0.4) is 0 Å². The Morgan fingerprint density at radius 2 is 1.90 bits per heavy atom. The Morgan fingerprint density at radius 3 is 2.68 bits per heavy atom. The topological polar surface area (TPSA) is 58.3 Å². The monoisotopic (exact) mass is 411 g/mol. The minimum atomic E-state index is 0.0773. The Balaban J connectivity index is 1.48. The molecule has 1 aromatic heterocycles. The molecular formula is C26H25N3O2. The first-order valence-electron chi connectivity index (χ1n) is 10.7. The van der Waals surface area contributed by atoms with Gasteiger partial charge in [0.2, 0.25) is 0 Å². The summed E-state index contributed by atoms with van der Waals surface area (Å²) in [5, 5.41) is 9.32. The Kier molecular flexibility index (Phi) is 5.09. The van der Waals surface area contributed by atoms with Gasteiger partial charge >= 0.3 is 0 Å². The van der Waals surface area contributed by atoms with Crippen LogP contribution in [-0.4, -0.2) is 29.7 Å². The molecule has 3 heterocycles. The summed E-state index contributed by atoms with van der Waals surface area (Å²) < 4.78 is 7.26. The van der Waals surface area contributed by atoms with Gasteiger partial charge in [-0.25, -0.2) is 0 Å². The zero-order chi connectivity index (χ0) is 21.4. The number of methoxy groups -OCH3 is 1. The molecule has 0 unspecified atom stereocenters. The van der Waals surface area contributed by atoms with Gasteiger partial charge in [-0.1, -0.05) is 24.3 Å². The summed E-state index contributed by atoms with van der Waals surface area (Å²) in [7, 11) is 1.68. The van der Waals surface area contributed by atoms with Crippen molar-refractivity contribution >= 4 is 0 Å². The zero-order valence-corrected chi connectivity index (χ0v) is 17.6. The maximum absolute atomic E-state index is 12.7. The average molecular weight is 412 g/mol. The molecule has 5 heteroatoms. The van der Waals surface area contributed by atoms with Crippen LogP contribution in [0.1, 0.15) is 29.2 Å². The van der Waals surface area contributed by atoms with Gasteiger partial charge in [0.05, 0.1) is 18.7 Å². The molecule has 0 amide bonds. The van der Waals surface area contributed by atoms with Gasteiger partial charge in [-0.05, 0) is 53.8 Å². The molecule has 31 heavy (non-hydrogen) atoms. The first-order chi connectivity index (χ1) is 15.1. The third-order valence-corrected chi connectivity index (χ3v) is 6.53. The molecule has 5 rings (SSSR count). The van der Waals surface area contributed by atoms with E-state index in [4.69, 9.17) is 4.74 Å². The molecule has 0 spiro atoms. The summed E-state index contributed by atoms with van der Waals surface area (Å²) in [5.74, 6) is 1.65. The van der Waals surface area contributed by atoms with E-state index in [0.717, 1.165) is 55.2 Å². The van der Waals surface area contributed by atoms with Crippen molar-refractivity contribution in [3.05, 3.63) is 87.8 Å². The molecular weight excluding hydrogens is 386 g/mol. The average Bonchev–Trinajstić information content (AvgIpc) is 2.80. The maximum atomic E-state index is 12.7. The summed E-state index contributed by atoms with van der Waals surface area (Å²) in [6.07, 6.45) is 1.10. The van der Waals surface area contributed by atoms with E-state index in [-0.39, 0.29) is 5.56 Å². The molecule has 156 valence electrons. The van der Waals surface area contributed by atoms with Crippen molar-refractivity contribution in [3.63, 3.8) is 0 Å². The largest absolute Gasteiger partial charge is 0.497 e. The zero-order valence-electron chi connectivity index (χ0n) is 17.6. The standard InChI is InChI=1S/C26H25N3O2/c1-31-23-7-5-18(6-8-23)14-28-15-20-12-22(17-28)26-24(9-10-25(30)29(26)16-20)21-4-2-3-19(11-21)13-27/h2-11,20,22H,12,14-17H2,1H3/t20-,22+/m0/s1. The van der Waals surface area contributed by atoms with Crippen LogP contribution in [0.4, 0.5) is 0 Å². The van der Waals surface area contributed by atoms with Crippen molar-refractivity contribution in [2.45, 2.75) is 25.4 Å². The number of benzene rings is 2. The third-order valence-electron chi connectivity index (χ3n) is 6.53. The van der Waals surface area contributed by atoms with E-state index in [1.54, 1.807) is 13.2 Å². The van der Waals surface area contributed by atoms with Crippen LogP contribution < -0.4 is 10.3 Å². The summed E-state index contributed by atoms with van der Waals surface area (Å²) in [6, 6.07) is 21.8. The molecule has 0 N–H and O–H groups in total. The van der Waals surface area contributed by atoms with Crippen LogP contribution in [0, 0.1) is 17.2 Å². The van der Waals surface area contributed by atoms with Gasteiger partial charge in [0.25, 0.3) is 5.56 Å². The number of pyridine rings is 1. The number of ether oxygens (including phenoxy) is 1. The fourth-order valence-corrected chi connectivity index (χ4v) is 5.23. The van der Waals surface area contributed by atoms with Gasteiger partial charge in [-0.2, -0.15) is 5.26 Å². The summed E-state index contributed by atoms with van der Waals surface area (Å²) in [5.41, 5.74) is 5.20. The van der Waals surface area contributed by atoms with Gasteiger partial charge < -0.3 is 9.30 Å². The number of fused-ring (bicyclic) bond motifs is 4. The number of nitrogens with zero attached hydrogens (tertiary/aromatic N) is 3. The number of nitriles is 1. The fourth-order valence-electron chi connectivity index (χ4n) is 5.23. The Morgan fingerprint density at radius 1 is 1.06 bits per heavy atom. The highest BCUT2D eigenvalue weighted by atomic mass is 16.5. The van der Waals surface area contributed by atoms with Crippen molar-refractivity contribution in [3.8, 4) is 22.9 Å². The van der Waals surface area contributed by atoms with Crippen LogP contribution in [-0.2, 0) is 13.1 Å². The van der Waals surface area contributed by atoms with E-state index < -0.39 is 0 Å². The molecule has 1 saturated heterocycles. The lowest BCUT2D eigenvalue weighted by Crippen LogP contribution is -2.47. The Bertz CT molecular complexity index is 1210. The molecule has 0 radical (unpaired) electrons. The van der Waals surface area contributed by atoms with Crippen LogP contribution >= 0.6 is 0 Å². The van der Waals surface area contributed by atoms with Crippen LogP contribution in [0.25, 0.3) is 11.1 Å². The van der Waals surface area contributed by atoms with E-state index in [2.05, 4.69) is 23.1 Å². The number of hydrogen-bond acceptors (Lipinski definition) is 4. The van der Waals surface area contributed by atoms with Crippen molar-refractivity contribution in [2.75, 3.05) is 20.2 Å². The van der Waals surface area contributed by atoms with Gasteiger partial charge in [-0.3, -0.25) is 9.69 Å². The predicted octanol–water partition coefficient (Wildman–Crippen LogP) is 4.01. The second kappa shape index (κ2) is 8.05. The highest BCUT2D eigenvalue weighted by Gasteiger charge is 2.36. The molecule has 2 atom stereocenters. The van der Waals surface area contributed by atoms with Crippen molar-refractivity contribution < 1.29 is 4.74 Å². The normalized spacial score (nSPS) is 20.0. The molecule has 2 bridgehead atoms. The minimum absolute atomic E-state index is 0.0773. The number of rotatable bonds is 4. The molecule has 2 aromatic carbocycles. The smallest absolute Gasteiger partial charge is 0.250 e. The molecule has 2 aliphatic heterocycles. The number of aromatic nitrogens is 1. The Hall–Kier alpha value is -3.36. The van der Waals surface area contributed by atoms with E-state index in [1.807, 2.05) is 47.0 Å². The second-order valence-electron chi connectivity index (χ2n) is 8.61. The first kappa shape index (κ1) is 19.6. The van der Waals surface area contributed by atoms with E-state index >= 15 is 0 Å². The lowest BCUT2D eigenvalue weighted by atomic mass is 9.80. The molecule has 0 aliphatic carbocycles.